The standard InChI is InChI=1S/C18H13ClN6O/c19-11-2-1-3-12-14(11)17-20-6-7-24(17)8-13-15(21-9-25(12)13)16-22-18(26-23-16)10-4-5-10/h1-3,6-7,9-10H,4-5,8H2. The van der Waals surface area contributed by atoms with Gasteiger partial charge in [0, 0.05) is 18.3 Å². The number of aromatic nitrogens is 6. The predicted molar refractivity (Wildman–Crippen MR) is 94.2 cm³/mol. The minimum absolute atomic E-state index is 0.414. The van der Waals surface area contributed by atoms with Gasteiger partial charge in [-0.2, -0.15) is 4.98 Å². The molecular weight excluding hydrogens is 352 g/mol. The number of imidazole rings is 2. The van der Waals surface area contributed by atoms with E-state index < -0.39 is 0 Å². The maximum atomic E-state index is 6.51. The highest BCUT2D eigenvalue weighted by Crippen LogP contribution is 2.41. The number of halogens is 1. The molecule has 0 atom stereocenters. The molecular formula is C18H13ClN6O. The molecule has 26 heavy (non-hydrogen) atoms. The van der Waals surface area contributed by atoms with Crippen LogP contribution in [0.25, 0.3) is 28.6 Å². The predicted octanol–water partition coefficient (Wildman–Crippen LogP) is 3.68. The van der Waals surface area contributed by atoms with E-state index >= 15 is 0 Å². The van der Waals surface area contributed by atoms with Gasteiger partial charge in [0.1, 0.15) is 17.8 Å². The van der Waals surface area contributed by atoms with Crippen molar-refractivity contribution in [1.29, 1.82) is 0 Å². The molecule has 4 heterocycles. The third-order valence-electron chi connectivity index (χ3n) is 4.96. The van der Waals surface area contributed by atoms with Gasteiger partial charge in [-0.05, 0) is 25.0 Å². The summed E-state index contributed by atoms with van der Waals surface area (Å²) in [5.74, 6) is 2.50. The molecule has 0 spiro atoms. The Balaban J connectivity index is 1.59. The summed E-state index contributed by atoms with van der Waals surface area (Å²) in [5, 5.41) is 4.82. The number of fused-ring (bicyclic) bond motifs is 5. The van der Waals surface area contributed by atoms with Gasteiger partial charge in [0.2, 0.25) is 11.7 Å². The maximum Gasteiger partial charge on any atom is 0.230 e. The lowest BCUT2D eigenvalue weighted by molar-refractivity contribution is 0.380. The van der Waals surface area contributed by atoms with E-state index in [9.17, 15) is 0 Å². The molecule has 2 aliphatic rings. The highest BCUT2D eigenvalue weighted by molar-refractivity contribution is 6.33. The van der Waals surface area contributed by atoms with Crippen LogP contribution in [0.4, 0.5) is 0 Å². The molecule has 0 saturated heterocycles. The van der Waals surface area contributed by atoms with Gasteiger partial charge in [-0.15, -0.1) is 0 Å². The van der Waals surface area contributed by atoms with Crippen LogP contribution in [0.1, 0.15) is 30.3 Å². The molecule has 3 aromatic heterocycles. The third-order valence-corrected chi connectivity index (χ3v) is 5.27. The van der Waals surface area contributed by atoms with Crippen molar-refractivity contribution in [3.05, 3.63) is 53.5 Å². The second kappa shape index (κ2) is 5.04. The van der Waals surface area contributed by atoms with E-state index in [0.717, 1.165) is 41.3 Å². The van der Waals surface area contributed by atoms with Crippen molar-refractivity contribution < 1.29 is 4.52 Å². The fourth-order valence-corrected chi connectivity index (χ4v) is 3.76. The molecule has 0 amide bonds. The van der Waals surface area contributed by atoms with Gasteiger partial charge >= 0.3 is 0 Å². The third kappa shape index (κ3) is 1.94. The van der Waals surface area contributed by atoms with Crippen LogP contribution in [-0.4, -0.2) is 29.2 Å². The Labute approximate surface area is 153 Å². The van der Waals surface area contributed by atoms with E-state index in [1.54, 1.807) is 12.5 Å². The summed E-state index contributed by atoms with van der Waals surface area (Å²) in [5.41, 5.74) is 3.55. The van der Waals surface area contributed by atoms with Gasteiger partial charge < -0.3 is 9.09 Å². The topological polar surface area (TPSA) is 74.6 Å². The van der Waals surface area contributed by atoms with Crippen molar-refractivity contribution in [3.8, 4) is 28.6 Å². The molecule has 0 unspecified atom stereocenters. The van der Waals surface area contributed by atoms with Crippen LogP contribution < -0.4 is 0 Å². The molecule has 4 aromatic rings. The van der Waals surface area contributed by atoms with Crippen molar-refractivity contribution >= 4 is 11.6 Å². The second-order valence-electron chi connectivity index (χ2n) is 6.65. The zero-order valence-corrected chi connectivity index (χ0v) is 14.4. The van der Waals surface area contributed by atoms with Gasteiger partial charge in [0.15, 0.2) is 0 Å². The van der Waals surface area contributed by atoms with Crippen LogP contribution in [0.15, 0.2) is 41.4 Å². The monoisotopic (exact) mass is 364 g/mol. The number of hydrogen-bond donors (Lipinski definition) is 0. The number of nitrogens with zero attached hydrogens (tertiary/aromatic N) is 6. The normalized spacial score (nSPS) is 15.3. The first kappa shape index (κ1) is 14.3. The maximum absolute atomic E-state index is 6.51. The molecule has 1 saturated carbocycles. The van der Waals surface area contributed by atoms with Crippen LogP contribution in [-0.2, 0) is 6.54 Å². The fraction of sp³-hybridized carbons (Fsp3) is 0.222. The Morgan fingerprint density at radius 3 is 3.00 bits per heavy atom. The molecule has 128 valence electrons. The SMILES string of the molecule is Clc1cccc2c1-c1nccn1Cc1c(-c3noc(C4CC4)n3)ncn1-2. The summed E-state index contributed by atoms with van der Waals surface area (Å²) in [4.78, 5) is 13.7. The molecule has 0 bridgehead atoms. The Hall–Kier alpha value is -2.93. The molecule has 0 radical (unpaired) electrons. The van der Waals surface area contributed by atoms with E-state index in [2.05, 4.69) is 24.7 Å². The van der Waals surface area contributed by atoms with Crippen LogP contribution in [0.2, 0.25) is 5.02 Å². The molecule has 6 rings (SSSR count). The van der Waals surface area contributed by atoms with Crippen LogP contribution in [0.3, 0.4) is 0 Å². The molecule has 1 aliphatic heterocycles. The highest BCUT2D eigenvalue weighted by atomic mass is 35.5. The quantitative estimate of drug-likeness (QED) is 0.477. The zero-order chi connectivity index (χ0) is 17.3. The molecule has 7 nitrogen and oxygen atoms in total. The van der Waals surface area contributed by atoms with Crippen LogP contribution in [0, 0.1) is 0 Å². The summed E-state index contributed by atoms with van der Waals surface area (Å²) < 4.78 is 9.53. The average molecular weight is 365 g/mol. The summed E-state index contributed by atoms with van der Waals surface area (Å²) in [7, 11) is 0. The molecule has 8 heteroatoms. The van der Waals surface area contributed by atoms with E-state index in [4.69, 9.17) is 16.1 Å². The van der Waals surface area contributed by atoms with Crippen LogP contribution >= 0.6 is 11.6 Å². The Kier molecular flexibility index (Phi) is 2.77. The van der Waals surface area contributed by atoms with Crippen molar-refractivity contribution in [1.82, 2.24) is 29.2 Å². The zero-order valence-electron chi connectivity index (χ0n) is 13.6. The Morgan fingerprint density at radius 2 is 2.12 bits per heavy atom. The minimum Gasteiger partial charge on any atom is -0.339 e. The lowest BCUT2D eigenvalue weighted by Crippen LogP contribution is -2.03. The fourth-order valence-electron chi connectivity index (χ4n) is 3.51. The summed E-state index contributed by atoms with van der Waals surface area (Å²) in [6, 6.07) is 5.83. The Bertz CT molecular complexity index is 1150. The van der Waals surface area contributed by atoms with Crippen molar-refractivity contribution in [2.45, 2.75) is 25.3 Å². The minimum atomic E-state index is 0.414. The smallest absolute Gasteiger partial charge is 0.230 e. The van der Waals surface area contributed by atoms with Gasteiger partial charge in [-0.1, -0.05) is 22.8 Å². The highest BCUT2D eigenvalue weighted by Gasteiger charge is 2.31. The Morgan fingerprint density at radius 1 is 1.19 bits per heavy atom. The summed E-state index contributed by atoms with van der Waals surface area (Å²) >= 11 is 6.51. The van der Waals surface area contributed by atoms with Gasteiger partial charge in [0.05, 0.1) is 28.5 Å². The molecule has 1 fully saturated rings. The van der Waals surface area contributed by atoms with Crippen molar-refractivity contribution in [2.24, 2.45) is 0 Å². The molecule has 1 aliphatic carbocycles. The number of benzene rings is 1. The number of hydrogen-bond acceptors (Lipinski definition) is 5. The van der Waals surface area contributed by atoms with Gasteiger partial charge in [-0.25, -0.2) is 9.97 Å². The first-order valence-electron chi connectivity index (χ1n) is 8.50. The largest absolute Gasteiger partial charge is 0.339 e. The number of rotatable bonds is 2. The lowest BCUT2D eigenvalue weighted by atomic mass is 10.1. The van der Waals surface area contributed by atoms with E-state index in [-0.39, 0.29) is 0 Å². The lowest BCUT2D eigenvalue weighted by Gasteiger charge is -2.09. The summed E-state index contributed by atoms with van der Waals surface area (Å²) in [6.07, 6.45) is 7.76. The van der Waals surface area contributed by atoms with Crippen molar-refractivity contribution in [3.63, 3.8) is 0 Å². The first-order valence-corrected chi connectivity index (χ1v) is 8.88. The van der Waals surface area contributed by atoms with Crippen LogP contribution in [0.5, 0.6) is 0 Å². The van der Waals surface area contributed by atoms with E-state index in [0.29, 0.717) is 29.2 Å². The summed E-state index contributed by atoms with van der Waals surface area (Å²) in [6.45, 7) is 0.600. The van der Waals surface area contributed by atoms with Gasteiger partial charge in [-0.3, -0.25) is 4.57 Å². The molecule has 1 aromatic carbocycles. The van der Waals surface area contributed by atoms with E-state index in [1.165, 1.54) is 0 Å². The van der Waals surface area contributed by atoms with E-state index in [1.807, 2.05) is 29.0 Å². The van der Waals surface area contributed by atoms with Crippen molar-refractivity contribution in [2.75, 3.05) is 0 Å². The molecule has 0 N–H and O–H groups in total. The van der Waals surface area contributed by atoms with Gasteiger partial charge in [0.25, 0.3) is 0 Å². The first-order chi connectivity index (χ1) is 12.8. The average Bonchev–Trinajstić information content (AvgIpc) is 3.05. The second-order valence-corrected chi connectivity index (χ2v) is 7.06.